The largest absolute Gasteiger partial charge is 0.441 e. The van der Waals surface area contributed by atoms with E-state index in [0.29, 0.717) is 28.4 Å². The van der Waals surface area contributed by atoms with Crippen LogP contribution in [0.25, 0.3) is 43.6 Å². The molecule has 11 nitrogen and oxygen atoms in total. The summed E-state index contributed by atoms with van der Waals surface area (Å²) in [4.78, 5) is 44.4. The van der Waals surface area contributed by atoms with Crippen molar-refractivity contribution in [2.45, 2.75) is 31.7 Å². The zero-order valence-electron chi connectivity index (χ0n) is 24.5. The molecule has 1 fully saturated rings. The van der Waals surface area contributed by atoms with Crippen LogP contribution in [0.1, 0.15) is 27.1 Å². The number of benzene rings is 3. The molecule has 11 heteroatoms. The van der Waals surface area contributed by atoms with Crippen molar-refractivity contribution in [1.29, 1.82) is 0 Å². The van der Waals surface area contributed by atoms with E-state index in [2.05, 4.69) is 27.5 Å². The van der Waals surface area contributed by atoms with Crippen molar-refractivity contribution < 1.29 is 24.2 Å². The molecule has 1 saturated heterocycles. The van der Waals surface area contributed by atoms with Crippen molar-refractivity contribution in [3.05, 3.63) is 59.7 Å². The van der Waals surface area contributed by atoms with Gasteiger partial charge in [0.2, 0.25) is 0 Å². The average Bonchev–Trinajstić information content (AvgIpc) is 3.62. The van der Waals surface area contributed by atoms with E-state index in [9.17, 15) is 19.5 Å². The normalized spacial score (nSPS) is 20.9. The fraction of sp³-hybridized carbons (Fsp3) is 0.364. The van der Waals surface area contributed by atoms with Crippen molar-refractivity contribution >= 4 is 61.5 Å². The molecule has 5 heterocycles. The molecule has 0 aliphatic carbocycles. The van der Waals surface area contributed by atoms with Crippen LogP contribution in [0.5, 0.6) is 0 Å². The molecule has 44 heavy (non-hydrogen) atoms. The Morgan fingerprint density at radius 1 is 0.886 bits per heavy atom. The standard InChI is InChI=1S/C33H34N6O5/c1-36-13-15-37(16-14-36)12-6-11-34-33(43)44-24-18-39-22-10-5-3-8-20(22)26-28-27(31(41)35-32(28)42)25-19-7-2-4-9-21(19)38(17-23(24)40)29(25)30(26)39/h2-5,7-10,23-24,40H,6,11-18H2,1H3,(H,34,43)(H,35,41,42). The summed E-state index contributed by atoms with van der Waals surface area (Å²) in [5.41, 5.74) is 3.97. The van der Waals surface area contributed by atoms with E-state index >= 15 is 0 Å². The highest BCUT2D eigenvalue weighted by Gasteiger charge is 2.39. The van der Waals surface area contributed by atoms with Crippen molar-refractivity contribution in [2.75, 3.05) is 46.3 Å². The number of para-hydroxylation sites is 2. The third kappa shape index (κ3) is 4.10. The minimum atomic E-state index is -1.03. The quantitative estimate of drug-likeness (QED) is 0.211. The molecule has 5 aromatic rings. The van der Waals surface area contributed by atoms with E-state index in [4.69, 9.17) is 4.74 Å². The Hall–Kier alpha value is -4.45. The zero-order valence-corrected chi connectivity index (χ0v) is 24.5. The van der Waals surface area contributed by atoms with Gasteiger partial charge in [0.25, 0.3) is 11.8 Å². The fourth-order valence-corrected chi connectivity index (χ4v) is 7.38. The third-order valence-corrected chi connectivity index (χ3v) is 9.53. The second-order valence-corrected chi connectivity index (χ2v) is 12.2. The lowest BCUT2D eigenvalue weighted by Crippen LogP contribution is -2.45. The van der Waals surface area contributed by atoms with Gasteiger partial charge in [0.15, 0.2) is 0 Å². The number of rotatable bonds is 5. The van der Waals surface area contributed by atoms with Crippen LogP contribution in [-0.4, -0.2) is 100 Å². The first-order chi connectivity index (χ1) is 21.4. The van der Waals surface area contributed by atoms with Crippen LogP contribution in [0.2, 0.25) is 0 Å². The Morgan fingerprint density at radius 3 is 2.07 bits per heavy atom. The van der Waals surface area contributed by atoms with Crippen LogP contribution in [0.3, 0.4) is 0 Å². The second-order valence-electron chi connectivity index (χ2n) is 12.2. The lowest BCUT2D eigenvalue weighted by Gasteiger charge is -2.32. The molecule has 3 N–H and O–H groups in total. The van der Waals surface area contributed by atoms with Gasteiger partial charge in [-0.2, -0.15) is 0 Å². The number of ether oxygens (including phenoxy) is 1. The number of aliphatic hydroxyl groups is 1. The number of nitrogens with zero attached hydrogens (tertiary/aromatic N) is 4. The number of aliphatic hydroxyl groups excluding tert-OH is 1. The number of hydrogen-bond donors (Lipinski definition) is 3. The van der Waals surface area contributed by atoms with Gasteiger partial charge in [0, 0.05) is 65.3 Å². The highest BCUT2D eigenvalue weighted by atomic mass is 16.6. The predicted molar refractivity (Wildman–Crippen MR) is 167 cm³/mol. The highest BCUT2D eigenvalue weighted by molar-refractivity contribution is 6.39. The molecule has 0 saturated carbocycles. The average molecular weight is 595 g/mol. The third-order valence-electron chi connectivity index (χ3n) is 9.53. The predicted octanol–water partition coefficient (Wildman–Crippen LogP) is 2.89. The van der Waals surface area contributed by atoms with E-state index < -0.39 is 30.1 Å². The Bertz CT molecular complexity index is 2000. The molecule has 0 bridgehead atoms. The first-order valence-corrected chi connectivity index (χ1v) is 15.3. The SMILES string of the molecule is CN1CCN(CCCNC(=O)OC2Cn3c4ccccc4c4c5c(c6c7ccccc7n(c6c43)CC2O)C(=O)NC5=O)CC1. The van der Waals surface area contributed by atoms with Gasteiger partial charge in [0.05, 0.1) is 35.2 Å². The Kier molecular flexibility index (Phi) is 6.37. The van der Waals surface area contributed by atoms with Crippen molar-refractivity contribution in [1.82, 2.24) is 29.6 Å². The van der Waals surface area contributed by atoms with Gasteiger partial charge < -0.3 is 34.1 Å². The van der Waals surface area contributed by atoms with Crippen LogP contribution in [0.15, 0.2) is 48.5 Å². The second kappa shape index (κ2) is 10.3. The van der Waals surface area contributed by atoms with Crippen LogP contribution in [-0.2, 0) is 17.8 Å². The van der Waals surface area contributed by atoms with Crippen molar-refractivity contribution in [3.8, 4) is 0 Å². The number of fused-ring (bicyclic) bond motifs is 9. The molecule has 0 spiro atoms. The van der Waals surface area contributed by atoms with Gasteiger partial charge in [-0.1, -0.05) is 36.4 Å². The molecule has 3 aromatic carbocycles. The number of alkyl carbamates (subject to hydrolysis) is 1. The Labute approximate surface area is 252 Å². The summed E-state index contributed by atoms with van der Waals surface area (Å²) in [6.45, 7) is 5.86. The molecular weight excluding hydrogens is 560 g/mol. The minimum absolute atomic E-state index is 0.149. The van der Waals surface area contributed by atoms with Crippen molar-refractivity contribution in [3.63, 3.8) is 0 Å². The molecule has 8 rings (SSSR count). The van der Waals surface area contributed by atoms with E-state index in [1.54, 1.807) is 0 Å². The van der Waals surface area contributed by atoms with Crippen LogP contribution in [0.4, 0.5) is 4.79 Å². The summed E-state index contributed by atoms with van der Waals surface area (Å²) < 4.78 is 9.98. The molecule has 0 radical (unpaired) electrons. The summed E-state index contributed by atoms with van der Waals surface area (Å²) in [5.74, 6) is -0.836. The van der Waals surface area contributed by atoms with Gasteiger partial charge >= 0.3 is 6.09 Å². The number of amides is 3. The number of nitrogens with one attached hydrogen (secondary N) is 2. The van der Waals surface area contributed by atoms with Gasteiger partial charge in [-0.3, -0.25) is 14.9 Å². The molecule has 2 aromatic heterocycles. The number of likely N-dealkylation sites (N-methyl/N-ethyl adjacent to an activating group) is 1. The number of piperazine rings is 1. The lowest BCUT2D eigenvalue weighted by molar-refractivity contribution is -0.0123. The lowest BCUT2D eigenvalue weighted by atomic mass is 9.96. The summed E-state index contributed by atoms with van der Waals surface area (Å²) >= 11 is 0. The molecule has 2 unspecified atom stereocenters. The highest BCUT2D eigenvalue weighted by Crippen LogP contribution is 2.45. The number of imide groups is 1. The first-order valence-electron chi connectivity index (χ1n) is 15.3. The van der Waals surface area contributed by atoms with E-state index in [-0.39, 0.29) is 13.1 Å². The first kappa shape index (κ1) is 27.1. The summed E-state index contributed by atoms with van der Waals surface area (Å²) in [5, 5.41) is 20.1. The topological polar surface area (TPSA) is 121 Å². The minimum Gasteiger partial charge on any atom is -0.441 e. The number of hydrogen-bond acceptors (Lipinski definition) is 7. The van der Waals surface area contributed by atoms with Crippen molar-refractivity contribution in [2.24, 2.45) is 0 Å². The van der Waals surface area contributed by atoms with Gasteiger partial charge in [-0.15, -0.1) is 0 Å². The van der Waals surface area contributed by atoms with Gasteiger partial charge in [-0.25, -0.2) is 4.79 Å². The summed E-state index contributed by atoms with van der Waals surface area (Å²) in [7, 11) is 2.13. The van der Waals surface area contributed by atoms with Gasteiger partial charge in [0.1, 0.15) is 12.2 Å². The maximum absolute atomic E-state index is 13.3. The van der Waals surface area contributed by atoms with E-state index in [1.807, 2.05) is 57.7 Å². The van der Waals surface area contributed by atoms with E-state index in [1.165, 1.54) is 0 Å². The molecule has 2 atom stereocenters. The fourth-order valence-electron chi connectivity index (χ4n) is 7.38. The molecular formula is C33H34N6O5. The monoisotopic (exact) mass is 594 g/mol. The molecule has 3 aliphatic heterocycles. The number of carbonyl (C=O) groups is 3. The maximum atomic E-state index is 13.3. The number of aromatic nitrogens is 2. The Balaban J connectivity index is 1.19. The van der Waals surface area contributed by atoms with Crippen LogP contribution in [0, 0.1) is 0 Å². The van der Waals surface area contributed by atoms with Gasteiger partial charge in [-0.05, 0) is 32.1 Å². The smallest absolute Gasteiger partial charge is 0.407 e. The Morgan fingerprint density at radius 2 is 1.45 bits per heavy atom. The summed E-state index contributed by atoms with van der Waals surface area (Å²) in [6.07, 6.45) is -1.65. The zero-order chi connectivity index (χ0) is 30.1. The summed E-state index contributed by atoms with van der Waals surface area (Å²) in [6, 6.07) is 15.4. The molecule has 3 amide bonds. The molecule has 226 valence electrons. The van der Waals surface area contributed by atoms with E-state index in [0.717, 1.165) is 72.0 Å². The molecule has 3 aliphatic rings. The number of carbonyl (C=O) groups excluding carboxylic acids is 3. The maximum Gasteiger partial charge on any atom is 0.407 e. The van der Waals surface area contributed by atoms with Crippen LogP contribution < -0.4 is 10.6 Å². The van der Waals surface area contributed by atoms with Crippen LogP contribution >= 0.6 is 0 Å².